The number of nitrogens with zero attached hydrogens (tertiary/aromatic N) is 3. The highest BCUT2D eigenvalue weighted by Gasteiger charge is 2.20. The molecule has 1 aromatic heterocycles. The summed E-state index contributed by atoms with van der Waals surface area (Å²) in [5.41, 5.74) is 0.987. The second kappa shape index (κ2) is 4.78. The minimum Gasteiger partial charge on any atom is -0.354 e. The first kappa shape index (κ1) is 12.6. The fraction of sp³-hybridized carbons (Fsp3) is 0.667. The normalized spacial score (nSPS) is 17.3. The van der Waals surface area contributed by atoms with Gasteiger partial charge in [-0.15, -0.1) is 0 Å². The molecule has 5 heteroatoms. The molecule has 0 spiro atoms. The van der Waals surface area contributed by atoms with Crippen LogP contribution in [0.2, 0.25) is 5.28 Å². The van der Waals surface area contributed by atoms with Crippen molar-refractivity contribution in [2.24, 2.45) is 0 Å². The van der Waals surface area contributed by atoms with Gasteiger partial charge in [-0.3, -0.25) is 0 Å². The molecular formula is C12H19ClN4. The van der Waals surface area contributed by atoms with Gasteiger partial charge in [-0.1, -0.05) is 20.8 Å². The van der Waals surface area contributed by atoms with Crippen LogP contribution in [0.1, 0.15) is 26.5 Å². The molecule has 94 valence electrons. The predicted molar refractivity (Wildman–Crippen MR) is 70.8 cm³/mol. The third kappa shape index (κ3) is 3.07. The lowest BCUT2D eigenvalue weighted by Crippen LogP contribution is -2.44. The third-order valence-electron chi connectivity index (χ3n) is 2.89. The molecule has 0 amide bonds. The van der Waals surface area contributed by atoms with Gasteiger partial charge in [0, 0.05) is 37.7 Å². The van der Waals surface area contributed by atoms with Gasteiger partial charge in [0.05, 0.1) is 5.69 Å². The van der Waals surface area contributed by atoms with Crippen LogP contribution in [0.4, 0.5) is 5.82 Å². The maximum absolute atomic E-state index is 6.01. The van der Waals surface area contributed by atoms with Crippen molar-refractivity contribution in [2.75, 3.05) is 31.1 Å². The monoisotopic (exact) mass is 254 g/mol. The standard InChI is InChI=1S/C12H19ClN4/c1-12(2,3)9-8-10(16-11(13)15-9)17-6-4-14-5-7-17/h8,14H,4-7H2,1-3H3. The Morgan fingerprint density at radius 2 is 1.88 bits per heavy atom. The number of hydrogen-bond donors (Lipinski definition) is 1. The molecule has 0 unspecified atom stereocenters. The first-order chi connectivity index (χ1) is 7.97. The summed E-state index contributed by atoms with van der Waals surface area (Å²) >= 11 is 6.01. The molecule has 1 fully saturated rings. The predicted octanol–water partition coefficient (Wildman–Crippen LogP) is 1.84. The lowest BCUT2D eigenvalue weighted by Gasteiger charge is -2.29. The zero-order valence-electron chi connectivity index (χ0n) is 10.6. The maximum Gasteiger partial charge on any atom is 0.224 e. The van der Waals surface area contributed by atoms with Crippen molar-refractivity contribution >= 4 is 17.4 Å². The second-order valence-electron chi connectivity index (χ2n) is 5.37. The van der Waals surface area contributed by atoms with E-state index in [0.29, 0.717) is 5.28 Å². The molecule has 1 saturated heterocycles. The Labute approximate surface area is 107 Å². The Kier molecular flexibility index (Phi) is 3.54. The molecule has 0 saturated carbocycles. The van der Waals surface area contributed by atoms with Crippen molar-refractivity contribution in [3.05, 3.63) is 17.0 Å². The molecule has 0 bridgehead atoms. The van der Waals surface area contributed by atoms with E-state index >= 15 is 0 Å². The molecule has 2 rings (SSSR count). The van der Waals surface area contributed by atoms with E-state index in [-0.39, 0.29) is 5.41 Å². The van der Waals surface area contributed by atoms with Crippen LogP contribution in [-0.2, 0) is 5.41 Å². The Morgan fingerprint density at radius 1 is 1.24 bits per heavy atom. The van der Waals surface area contributed by atoms with Crippen molar-refractivity contribution < 1.29 is 0 Å². The topological polar surface area (TPSA) is 41.0 Å². The third-order valence-corrected chi connectivity index (χ3v) is 3.06. The van der Waals surface area contributed by atoms with Gasteiger partial charge in [-0.05, 0) is 11.6 Å². The summed E-state index contributed by atoms with van der Waals surface area (Å²) in [5, 5.41) is 3.66. The van der Waals surface area contributed by atoms with Crippen LogP contribution in [0.3, 0.4) is 0 Å². The minimum atomic E-state index is -0.00460. The molecule has 17 heavy (non-hydrogen) atoms. The van der Waals surface area contributed by atoms with Crippen molar-refractivity contribution in [1.29, 1.82) is 0 Å². The van der Waals surface area contributed by atoms with E-state index < -0.39 is 0 Å². The maximum atomic E-state index is 6.01. The lowest BCUT2D eigenvalue weighted by atomic mass is 9.92. The summed E-state index contributed by atoms with van der Waals surface area (Å²) in [7, 11) is 0. The van der Waals surface area contributed by atoms with Crippen LogP contribution in [-0.4, -0.2) is 36.1 Å². The van der Waals surface area contributed by atoms with Crippen LogP contribution < -0.4 is 10.2 Å². The summed E-state index contributed by atoms with van der Waals surface area (Å²) in [6.07, 6.45) is 0. The SMILES string of the molecule is CC(C)(C)c1cc(N2CCNCC2)nc(Cl)n1. The number of rotatable bonds is 1. The molecule has 0 atom stereocenters. The van der Waals surface area contributed by atoms with E-state index in [9.17, 15) is 0 Å². The van der Waals surface area contributed by atoms with E-state index in [4.69, 9.17) is 11.6 Å². The molecule has 2 heterocycles. The van der Waals surface area contributed by atoms with Gasteiger partial charge in [0.2, 0.25) is 5.28 Å². The Balaban J connectivity index is 2.31. The number of nitrogens with one attached hydrogen (secondary N) is 1. The Morgan fingerprint density at radius 3 is 2.47 bits per heavy atom. The average Bonchev–Trinajstić information content (AvgIpc) is 2.28. The van der Waals surface area contributed by atoms with Crippen LogP contribution in [0.5, 0.6) is 0 Å². The Hall–Kier alpha value is -0.870. The van der Waals surface area contributed by atoms with Crippen molar-refractivity contribution in [3.63, 3.8) is 0 Å². The van der Waals surface area contributed by atoms with Crippen molar-refractivity contribution in [1.82, 2.24) is 15.3 Å². The van der Waals surface area contributed by atoms with Gasteiger partial charge in [-0.25, -0.2) is 9.97 Å². The smallest absolute Gasteiger partial charge is 0.224 e. The van der Waals surface area contributed by atoms with E-state index in [1.165, 1.54) is 0 Å². The zero-order chi connectivity index (χ0) is 12.5. The summed E-state index contributed by atoms with van der Waals surface area (Å²) in [6.45, 7) is 10.3. The quantitative estimate of drug-likeness (QED) is 0.777. The van der Waals surface area contributed by atoms with E-state index in [1.807, 2.05) is 0 Å². The van der Waals surface area contributed by atoms with Gasteiger partial charge >= 0.3 is 0 Å². The summed E-state index contributed by atoms with van der Waals surface area (Å²) < 4.78 is 0. The largest absolute Gasteiger partial charge is 0.354 e. The molecule has 0 aliphatic carbocycles. The first-order valence-corrected chi connectivity index (χ1v) is 6.35. The van der Waals surface area contributed by atoms with Crippen molar-refractivity contribution in [3.8, 4) is 0 Å². The zero-order valence-corrected chi connectivity index (χ0v) is 11.4. The highest BCUT2D eigenvalue weighted by atomic mass is 35.5. The minimum absolute atomic E-state index is 0.00460. The molecule has 4 nitrogen and oxygen atoms in total. The fourth-order valence-corrected chi connectivity index (χ4v) is 2.02. The van der Waals surface area contributed by atoms with Gasteiger partial charge < -0.3 is 10.2 Å². The summed E-state index contributed by atoms with van der Waals surface area (Å²) in [4.78, 5) is 10.9. The van der Waals surface area contributed by atoms with Crippen molar-refractivity contribution in [2.45, 2.75) is 26.2 Å². The summed E-state index contributed by atoms with van der Waals surface area (Å²) in [6, 6.07) is 2.05. The second-order valence-corrected chi connectivity index (χ2v) is 5.71. The highest BCUT2D eigenvalue weighted by Crippen LogP contribution is 2.25. The van der Waals surface area contributed by atoms with Crippen LogP contribution in [0.15, 0.2) is 6.07 Å². The van der Waals surface area contributed by atoms with Gasteiger partial charge in [0.25, 0.3) is 0 Å². The van der Waals surface area contributed by atoms with Gasteiger partial charge in [-0.2, -0.15) is 0 Å². The lowest BCUT2D eigenvalue weighted by molar-refractivity contribution is 0.560. The van der Waals surface area contributed by atoms with E-state index in [1.54, 1.807) is 0 Å². The van der Waals surface area contributed by atoms with Crippen LogP contribution in [0.25, 0.3) is 0 Å². The number of halogens is 1. The van der Waals surface area contributed by atoms with E-state index in [2.05, 4.69) is 47.0 Å². The van der Waals surface area contributed by atoms with E-state index in [0.717, 1.165) is 37.7 Å². The molecule has 1 aliphatic rings. The number of aromatic nitrogens is 2. The number of piperazine rings is 1. The fourth-order valence-electron chi connectivity index (χ4n) is 1.85. The average molecular weight is 255 g/mol. The molecular weight excluding hydrogens is 236 g/mol. The summed E-state index contributed by atoms with van der Waals surface area (Å²) in [5.74, 6) is 0.941. The first-order valence-electron chi connectivity index (χ1n) is 5.97. The van der Waals surface area contributed by atoms with Crippen LogP contribution >= 0.6 is 11.6 Å². The van der Waals surface area contributed by atoms with Gasteiger partial charge in [0.1, 0.15) is 5.82 Å². The molecule has 1 N–H and O–H groups in total. The Bertz CT molecular complexity index is 394. The molecule has 1 aliphatic heterocycles. The highest BCUT2D eigenvalue weighted by molar-refractivity contribution is 6.28. The molecule has 0 radical (unpaired) electrons. The number of anilines is 1. The molecule has 0 aromatic carbocycles. The van der Waals surface area contributed by atoms with Gasteiger partial charge in [0.15, 0.2) is 0 Å². The number of hydrogen-bond acceptors (Lipinski definition) is 4. The molecule has 1 aromatic rings. The van der Waals surface area contributed by atoms with Crippen LogP contribution in [0, 0.1) is 0 Å².